The molecule has 0 bridgehead atoms. The number of benzene rings is 1. The minimum Gasteiger partial charge on any atom is -0.345 e. The van der Waals surface area contributed by atoms with Gasteiger partial charge in [-0.25, -0.2) is 4.98 Å². The van der Waals surface area contributed by atoms with Gasteiger partial charge in [0.2, 0.25) is 0 Å². The first kappa shape index (κ1) is 10.8. The summed E-state index contributed by atoms with van der Waals surface area (Å²) >= 11 is 0. The second-order valence-electron chi connectivity index (χ2n) is 3.88. The van der Waals surface area contributed by atoms with Crippen molar-refractivity contribution < 1.29 is 4.79 Å². The van der Waals surface area contributed by atoms with E-state index >= 15 is 0 Å². The maximum absolute atomic E-state index is 10.7. The Morgan fingerprint density at radius 1 is 1.50 bits per heavy atom. The molecule has 0 aliphatic heterocycles. The van der Waals surface area contributed by atoms with Gasteiger partial charge in [-0.2, -0.15) is 0 Å². The summed E-state index contributed by atoms with van der Waals surface area (Å²) in [6.07, 6.45) is 2.62. The molecule has 16 heavy (non-hydrogen) atoms. The van der Waals surface area contributed by atoms with E-state index in [1.54, 1.807) is 13.3 Å². The van der Waals surface area contributed by atoms with Crippen LogP contribution in [-0.2, 0) is 11.2 Å². The van der Waals surface area contributed by atoms with Crippen molar-refractivity contribution in [2.75, 3.05) is 13.1 Å². The Kier molecular flexibility index (Phi) is 3.31. The molecule has 2 N–H and O–H groups in total. The number of nitrogens with one attached hydrogen (secondary N) is 2. The van der Waals surface area contributed by atoms with E-state index in [-0.39, 0.29) is 5.78 Å². The summed E-state index contributed by atoms with van der Waals surface area (Å²) < 4.78 is 0. The van der Waals surface area contributed by atoms with Crippen molar-refractivity contribution in [1.82, 2.24) is 15.3 Å². The molecule has 0 aliphatic carbocycles. The van der Waals surface area contributed by atoms with Crippen LogP contribution in [0.1, 0.15) is 12.5 Å². The van der Waals surface area contributed by atoms with E-state index in [0.29, 0.717) is 6.54 Å². The lowest BCUT2D eigenvalue weighted by atomic mass is 10.1. The Morgan fingerprint density at radius 2 is 2.38 bits per heavy atom. The van der Waals surface area contributed by atoms with E-state index in [9.17, 15) is 4.79 Å². The summed E-state index contributed by atoms with van der Waals surface area (Å²) in [5, 5.41) is 3.10. The zero-order chi connectivity index (χ0) is 11.4. The number of hydrogen-bond donors (Lipinski definition) is 2. The van der Waals surface area contributed by atoms with E-state index in [1.165, 1.54) is 5.56 Å². The zero-order valence-corrected chi connectivity index (χ0v) is 9.29. The fraction of sp³-hybridized carbons (Fsp3) is 0.333. The molecule has 84 valence electrons. The molecule has 0 aliphatic rings. The summed E-state index contributed by atoms with van der Waals surface area (Å²) in [7, 11) is 0. The molecule has 0 radical (unpaired) electrons. The molecule has 0 saturated heterocycles. The summed E-state index contributed by atoms with van der Waals surface area (Å²) in [5.41, 5.74) is 3.29. The van der Waals surface area contributed by atoms with Crippen LogP contribution in [0.4, 0.5) is 0 Å². The highest BCUT2D eigenvalue weighted by atomic mass is 16.1. The molecule has 0 spiro atoms. The lowest BCUT2D eigenvalue weighted by Crippen LogP contribution is -2.23. The fourth-order valence-corrected chi connectivity index (χ4v) is 1.64. The zero-order valence-electron chi connectivity index (χ0n) is 9.29. The van der Waals surface area contributed by atoms with Gasteiger partial charge in [-0.3, -0.25) is 4.79 Å². The third kappa shape index (κ3) is 2.67. The van der Waals surface area contributed by atoms with Crippen LogP contribution < -0.4 is 5.32 Å². The molecule has 1 aromatic carbocycles. The quantitative estimate of drug-likeness (QED) is 0.742. The molecule has 2 aromatic rings. The number of Topliss-reactive ketones (excluding diaryl/α,β-unsaturated/α-hetero) is 1. The van der Waals surface area contributed by atoms with Crippen LogP contribution in [0.15, 0.2) is 24.5 Å². The van der Waals surface area contributed by atoms with Gasteiger partial charge in [0.1, 0.15) is 5.78 Å². The van der Waals surface area contributed by atoms with E-state index in [2.05, 4.69) is 27.4 Å². The smallest absolute Gasteiger partial charge is 0.143 e. The first-order chi connectivity index (χ1) is 7.75. The number of nitrogens with zero attached hydrogens (tertiary/aromatic N) is 1. The lowest BCUT2D eigenvalue weighted by molar-refractivity contribution is -0.116. The molecule has 1 heterocycles. The molecule has 2 rings (SSSR count). The van der Waals surface area contributed by atoms with Crippen LogP contribution in [0.3, 0.4) is 0 Å². The number of imidazole rings is 1. The van der Waals surface area contributed by atoms with Crippen molar-refractivity contribution in [1.29, 1.82) is 0 Å². The van der Waals surface area contributed by atoms with Crippen LogP contribution in [0.5, 0.6) is 0 Å². The number of hydrogen-bond acceptors (Lipinski definition) is 3. The summed E-state index contributed by atoms with van der Waals surface area (Å²) in [4.78, 5) is 18.0. The Balaban J connectivity index is 1.91. The first-order valence-electron chi connectivity index (χ1n) is 5.38. The molecule has 0 amide bonds. The predicted octanol–water partition coefficient (Wildman–Crippen LogP) is 1.28. The molecule has 4 nitrogen and oxygen atoms in total. The van der Waals surface area contributed by atoms with Crippen molar-refractivity contribution in [3.05, 3.63) is 30.1 Å². The molecular formula is C12H15N3O. The number of aromatic nitrogens is 2. The number of H-pyrrole nitrogens is 1. The van der Waals surface area contributed by atoms with E-state index < -0.39 is 0 Å². The van der Waals surface area contributed by atoms with Gasteiger partial charge in [0.05, 0.1) is 23.9 Å². The molecule has 0 fully saturated rings. The maximum atomic E-state index is 10.7. The second kappa shape index (κ2) is 4.90. The van der Waals surface area contributed by atoms with Crippen LogP contribution in [-0.4, -0.2) is 28.8 Å². The second-order valence-corrected chi connectivity index (χ2v) is 3.88. The van der Waals surface area contributed by atoms with Gasteiger partial charge >= 0.3 is 0 Å². The van der Waals surface area contributed by atoms with E-state index in [1.807, 2.05) is 6.07 Å². The van der Waals surface area contributed by atoms with Crippen molar-refractivity contribution in [3.8, 4) is 0 Å². The van der Waals surface area contributed by atoms with Crippen LogP contribution >= 0.6 is 0 Å². The lowest BCUT2D eigenvalue weighted by Gasteiger charge is -2.02. The highest BCUT2D eigenvalue weighted by Crippen LogP contribution is 2.11. The third-order valence-electron chi connectivity index (χ3n) is 2.45. The Hall–Kier alpha value is -1.68. The molecule has 0 atom stereocenters. The fourth-order valence-electron chi connectivity index (χ4n) is 1.64. The summed E-state index contributed by atoms with van der Waals surface area (Å²) in [6, 6.07) is 6.17. The van der Waals surface area contributed by atoms with Crippen molar-refractivity contribution in [2.45, 2.75) is 13.3 Å². The number of fused-ring (bicyclic) bond motifs is 1. The number of aromatic amines is 1. The van der Waals surface area contributed by atoms with Crippen LogP contribution in [0.2, 0.25) is 0 Å². The minimum absolute atomic E-state index is 0.170. The summed E-state index contributed by atoms with van der Waals surface area (Å²) in [6.45, 7) is 2.86. The van der Waals surface area contributed by atoms with Gasteiger partial charge in [0.25, 0.3) is 0 Å². The highest BCUT2D eigenvalue weighted by molar-refractivity contribution is 5.77. The predicted molar refractivity (Wildman–Crippen MR) is 63.3 cm³/mol. The van der Waals surface area contributed by atoms with E-state index in [0.717, 1.165) is 24.0 Å². The van der Waals surface area contributed by atoms with Crippen molar-refractivity contribution in [2.24, 2.45) is 0 Å². The number of rotatable bonds is 5. The molecule has 4 heteroatoms. The molecule has 1 aromatic heterocycles. The third-order valence-corrected chi connectivity index (χ3v) is 2.45. The number of carbonyl (C=O) groups is 1. The van der Waals surface area contributed by atoms with Gasteiger partial charge in [0.15, 0.2) is 0 Å². The van der Waals surface area contributed by atoms with Gasteiger partial charge in [-0.1, -0.05) is 6.07 Å². The SMILES string of the molecule is CC(=O)CNCCc1ccc2nc[nH]c2c1. The van der Waals surface area contributed by atoms with Gasteiger partial charge in [0, 0.05) is 0 Å². The van der Waals surface area contributed by atoms with E-state index in [4.69, 9.17) is 0 Å². The average molecular weight is 217 g/mol. The molecule has 0 saturated carbocycles. The topological polar surface area (TPSA) is 57.8 Å². The standard InChI is InChI=1S/C12H15N3O/c1-9(16)7-13-5-4-10-2-3-11-12(6-10)15-8-14-11/h2-3,6,8,13H,4-5,7H2,1H3,(H,14,15). The van der Waals surface area contributed by atoms with Gasteiger partial charge in [-0.05, 0) is 37.6 Å². The Morgan fingerprint density at radius 3 is 3.19 bits per heavy atom. The van der Waals surface area contributed by atoms with Gasteiger partial charge < -0.3 is 10.3 Å². The van der Waals surface area contributed by atoms with Crippen LogP contribution in [0.25, 0.3) is 11.0 Å². The summed E-state index contributed by atoms with van der Waals surface area (Å²) in [5.74, 6) is 0.170. The normalized spacial score (nSPS) is 10.8. The number of carbonyl (C=O) groups excluding carboxylic acids is 1. The average Bonchev–Trinajstić information content (AvgIpc) is 2.71. The molecule has 0 unspecified atom stereocenters. The first-order valence-corrected chi connectivity index (χ1v) is 5.38. The van der Waals surface area contributed by atoms with Crippen molar-refractivity contribution >= 4 is 16.8 Å². The number of ketones is 1. The monoisotopic (exact) mass is 217 g/mol. The maximum Gasteiger partial charge on any atom is 0.143 e. The van der Waals surface area contributed by atoms with Gasteiger partial charge in [-0.15, -0.1) is 0 Å². The Bertz CT molecular complexity index is 490. The Labute approximate surface area is 94.1 Å². The van der Waals surface area contributed by atoms with Crippen LogP contribution in [0, 0.1) is 0 Å². The largest absolute Gasteiger partial charge is 0.345 e. The molecular weight excluding hydrogens is 202 g/mol. The highest BCUT2D eigenvalue weighted by Gasteiger charge is 1.98. The minimum atomic E-state index is 0.170. The van der Waals surface area contributed by atoms with Crippen molar-refractivity contribution in [3.63, 3.8) is 0 Å².